The molecule has 6 nitrogen and oxygen atoms in total. The van der Waals surface area contributed by atoms with Gasteiger partial charge in [0.15, 0.2) is 0 Å². The minimum Gasteiger partial charge on any atom is -0.421 e. The molecule has 1 aromatic heterocycles. The van der Waals surface area contributed by atoms with E-state index in [0.29, 0.717) is 24.2 Å². The predicted molar refractivity (Wildman–Crippen MR) is 113 cm³/mol. The first kappa shape index (κ1) is 19.0. The molecule has 1 fully saturated rings. The molecule has 2 heterocycles. The summed E-state index contributed by atoms with van der Waals surface area (Å²) in [7, 11) is 0. The summed E-state index contributed by atoms with van der Waals surface area (Å²) in [5.41, 5.74) is 3.56. The van der Waals surface area contributed by atoms with Crippen molar-refractivity contribution in [3.8, 4) is 22.6 Å². The highest BCUT2D eigenvalue weighted by Gasteiger charge is 2.48. The van der Waals surface area contributed by atoms with E-state index in [-0.39, 0.29) is 11.9 Å². The van der Waals surface area contributed by atoms with Gasteiger partial charge in [0.05, 0.1) is 17.2 Å². The maximum Gasteiger partial charge on any atom is 0.255 e. The lowest BCUT2D eigenvalue weighted by Crippen LogP contribution is -2.51. The number of hydrogen-bond acceptors (Lipinski definition) is 5. The molecule has 6 heteroatoms. The van der Waals surface area contributed by atoms with Crippen LogP contribution in [0.25, 0.3) is 22.6 Å². The van der Waals surface area contributed by atoms with Gasteiger partial charge in [-0.25, -0.2) is 0 Å². The second-order valence-corrected chi connectivity index (χ2v) is 8.91. The van der Waals surface area contributed by atoms with Gasteiger partial charge in [-0.05, 0) is 61.4 Å². The number of fused-ring (bicyclic) bond motifs is 1. The Hall–Kier alpha value is -2.99. The largest absolute Gasteiger partial charge is 0.421 e. The average Bonchev–Trinajstić information content (AvgIpc) is 3.35. The van der Waals surface area contributed by atoms with Gasteiger partial charge in [0, 0.05) is 19.0 Å². The Morgan fingerprint density at radius 3 is 2.40 bits per heavy atom. The Labute approximate surface area is 175 Å². The number of nitrogens with zero attached hydrogens (tertiary/aromatic N) is 3. The third kappa shape index (κ3) is 3.21. The van der Waals surface area contributed by atoms with E-state index in [4.69, 9.17) is 4.42 Å². The molecule has 3 aromatic rings. The molecule has 5 rings (SSSR count). The molecule has 1 saturated carbocycles. The molecule has 1 amide bonds. The number of hydrogen-bond donors (Lipinski definition) is 1. The van der Waals surface area contributed by atoms with Crippen molar-refractivity contribution in [3.05, 3.63) is 59.5 Å². The fraction of sp³-hybridized carbons (Fsp3) is 0.375. The van der Waals surface area contributed by atoms with Crippen molar-refractivity contribution >= 4 is 5.91 Å². The van der Waals surface area contributed by atoms with Crippen molar-refractivity contribution in [2.24, 2.45) is 5.92 Å². The van der Waals surface area contributed by atoms with Crippen molar-refractivity contribution in [3.63, 3.8) is 0 Å². The van der Waals surface area contributed by atoms with Crippen LogP contribution in [0.5, 0.6) is 0 Å². The lowest BCUT2D eigenvalue weighted by Gasteiger charge is -2.37. The van der Waals surface area contributed by atoms with E-state index in [1.54, 1.807) is 6.92 Å². The first-order valence-electron chi connectivity index (χ1n) is 10.4. The minimum atomic E-state index is -0.928. The van der Waals surface area contributed by atoms with Crippen LogP contribution in [-0.4, -0.2) is 37.8 Å². The SMILES string of the molecule is Cc1nnc(-c2ccc(-c3cccc4c3C(=O)N([C@H](C3CC3)C(C)(C)O)C4)cc2)o1. The molecular weight excluding hydrogens is 378 g/mol. The maximum absolute atomic E-state index is 13.5. The molecule has 0 spiro atoms. The average molecular weight is 403 g/mol. The summed E-state index contributed by atoms with van der Waals surface area (Å²) < 4.78 is 5.50. The first-order valence-corrected chi connectivity index (χ1v) is 10.4. The van der Waals surface area contributed by atoms with Crippen LogP contribution < -0.4 is 0 Å². The summed E-state index contributed by atoms with van der Waals surface area (Å²) in [6.45, 7) is 5.93. The summed E-state index contributed by atoms with van der Waals surface area (Å²) in [4.78, 5) is 15.4. The monoisotopic (exact) mass is 403 g/mol. The van der Waals surface area contributed by atoms with Crippen molar-refractivity contribution in [2.75, 3.05) is 0 Å². The van der Waals surface area contributed by atoms with Gasteiger partial charge in [0.2, 0.25) is 11.8 Å². The van der Waals surface area contributed by atoms with E-state index < -0.39 is 5.60 Å². The van der Waals surface area contributed by atoms with E-state index in [9.17, 15) is 9.90 Å². The van der Waals surface area contributed by atoms with Crippen LogP contribution in [0.2, 0.25) is 0 Å². The predicted octanol–water partition coefficient (Wildman–Crippen LogP) is 4.22. The summed E-state index contributed by atoms with van der Waals surface area (Å²) >= 11 is 0. The van der Waals surface area contributed by atoms with E-state index in [1.165, 1.54) is 0 Å². The van der Waals surface area contributed by atoms with E-state index in [1.807, 2.05) is 61.2 Å². The molecule has 0 unspecified atom stereocenters. The van der Waals surface area contributed by atoms with Gasteiger partial charge in [-0.2, -0.15) is 0 Å². The molecule has 2 aliphatic rings. The number of rotatable bonds is 5. The number of aromatic nitrogens is 2. The van der Waals surface area contributed by atoms with E-state index in [0.717, 1.165) is 40.7 Å². The highest BCUT2D eigenvalue weighted by Crippen LogP contribution is 2.44. The summed E-state index contributed by atoms with van der Waals surface area (Å²) in [6.07, 6.45) is 2.14. The molecule has 2 aromatic carbocycles. The molecule has 1 aliphatic carbocycles. The van der Waals surface area contributed by atoms with Gasteiger partial charge in [-0.1, -0.05) is 30.3 Å². The topological polar surface area (TPSA) is 79.5 Å². The van der Waals surface area contributed by atoms with Gasteiger partial charge in [0.1, 0.15) is 0 Å². The Bertz CT molecular complexity index is 1110. The van der Waals surface area contributed by atoms with Crippen LogP contribution >= 0.6 is 0 Å². The zero-order valence-corrected chi connectivity index (χ0v) is 17.4. The highest BCUT2D eigenvalue weighted by molar-refractivity contribution is 6.04. The summed E-state index contributed by atoms with van der Waals surface area (Å²) in [6, 6.07) is 13.7. The van der Waals surface area contributed by atoms with Gasteiger partial charge < -0.3 is 14.4 Å². The summed E-state index contributed by atoms with van der Waals surface area (Å²) in [5, 5.41) is 18.7. The molecule has 1 aliphatic heterocycles. The number of benzene rings is 2. The number of carbonyl (C=O) groups is 1. The number of aliphatic hydroxyl groups is 1. The number of aryl methyl sites for hydroxylation is 1. The molecule has 1 atom stereocenters. The second kappa shape index (κ2) is 6.77. The van der Waals surface area contributed by atoms with Crippen molar-refractivity contribution < 1.29 is 14.3 Å². The van der Waals surface area contributed by atoms with Crippen molar-refractivity contribution in [1.82, 2.24) is 15.1 Å². The zero-order valence-electron chi connectivity index (χ0n) is 17.4. The Kier molecular flexibility index (Phi) is 4.29. The first-order chi connectivity index (χ1) is 14.3. The lowest BCUT2D eigenvalue weighted by atomic mass is 9.92. The fourth-order valence-corrected chi connectivity index (χ4v) is 4.68. The van der Waals surface area contributed by atoms with Gasteiger partial charge >= 0.3 is 0 Å². The molecule has 154 valence electrons. The standard InChI is InChI=1S/C24H25N3O3/c1-14-25-26-22(30-14)17-11-7-15(8-12-17)19-6-4-5-18-13-27(23(28)20(18)19)21(16-9-10-16)24(2,3)29/h4-8,11-12,16,21,29H,9-10,13H2,1-3H3/t21-/m1/s1. The zero-order chi connectivity index (χ0) is 21.0. The number of amides is 1. The van der Waals surface area contributed by atoms with Crippen LogP contribution in [0.15, 0.2) is 46.9 Å². The van der Waals surface area contributed by atoms with Crippen LogP contribution in [0.3, 0.4) is 0 Å². The third-order valence-electron chi connectivity index (χ3n) is 6.06. The number of carbonyl (C=O) groups excluding carboxylic acids is 1. The molecule has 0 bridgehead atoms. The lowest BCUT2D eigenvalue weighted by molar-refractivity contribution is -0.0224. The quantitative estimate of drug-likeness (QED) is 0.690. The van der Waals surface area contributed by atoms with Gasteiger partial charge in [-0.3, -0.25) is 4.79 Å². The van der Waals surface area contributed by atoms with Crippen molar-refractivity contribution in [2.45, 2.75) is 51.8 Å². The van der Waals surface area contributed by atoms with Gasteiger partial charge in [0.25, 0.3) is 5.91 Å². The molecule has 30 heavy (non-hydrogen) atoms. The smallest absolute Gasteiger partial charge is 0.255 e. The van der Waals surface area contributed by atoms with E-state index >= 15 is 0 Å². The van der Waals surface area contributed by atoms with Crippen LogP contribution in [0, 0.1) is 12.8 Å². The second-order valence-electron chi connectivity index (χ2n) is 8.91. The Morgan fingerprint density at radius 2 is 1.80 bits per heavy atom. The molecular formula is C24H25N3O3. The normalized spacial score (nSPS) is 17.3. The minimum absolute atomic E-state index is 0.0104. The molecule has 1 N–H and O–H groups in total. The highest BCUT2D eigenvalue weighted by atomic mass is 16.4. The van der Waals surface area contributed by atoms with Crippen LogP contribution in [-0.2, 0) is 6.54 Å². The third-order valence-corrected chi connectivity index (χ3v) is 6.06. The molecule has 0 saturated heterocycles. The van der Waals surface area contributed by atoms with Gasteiger partial charge in [-0.15, -0.1) is 10.2 Å². The fourth-order valence-electron chi connectivity index (χ4n) is 4.68. The Balaban J connectivity index is 1.49. The van der Waals surface area contributed by atoms with Crippen LogP contribution in [0.4, 0.5) is 0 Å². The maximum atomic E-state index is 13.5. The molecule has 0 radical (unpaired) electrons. The summed E-state index contributed by atoms with van der Waals surface area (Å²) in [5.74, 6) is 1.40. The van der Waals surface area contributed by atoms with Crippen molar-refractivity contribution in [1.29, 1.82) is 0 Å². The van der Waals surface area contributed by atoms with Crippen LogP contribution in [0.1, 0.15) is 48.5 Å². The van der Waals surface area contributed by atoms with E-state index in [2.05, 4.69) is 10.2 Å². The Morgan fingerprint density at radius 1 is 1.10 bits per heavy atom.